The number of carbonyl (C=O) groups is 1. The van der Waals surface area contributed by atoms with Gasteiger partial charge in [0.15, 0.2) is 6.29 Å². The number of hydrogen-bond donors (Lipinski definition) is 0. The molecule has 4 heterocycles. The summed E-state index contributed by atoms with van der Waals surface area (Å²) in [6, 6.07) is 13.5. The van der Waals surface area contributed by atoms with Crippen molar-refractivity contribution in [3.63, 3.8) is 0 Å². The van der Waals surface area contributed by atoms with Gasteiger partial charge >= 0.3 is 0 Å². The lowest BCUT2D eigenvalue weighted by Crippen LogP contribution is -1.81. The summed E-state index contributed by atoms with van der Waals surface area (Å²) < 4.78 is 0.759. The molecule has 0 saturated carbocycles. The Morgan fingerprint density at radius 2 is 0.897 bits per heavy atom. The minimum absolute atomic E-state index is 0.354. The van der Waals surface area contributed by atoms with E-state index in [4.69, 9.17) is 26.3 Å². The highest BCUT2D eigenvalue weighted by atomic mass is 79.9. The number of hydrogen-bond acceptors (Lipinski definition) is 5. The van der Waals surface area contributed by atoms with Crippen molar-refractivity contribution in [2.45, 2.75) is 0 Å². The Hall–Kier alpha value is -5.81. The summed E-state index contributed by atoms with van der Waals surface area (Å²) in [5, 5.41) is 0. The second kappa shape index (κ2) is 18.5. The number of aromatic nitrogens is 4. The molecule has 0 aromatic carbocycles. The van der Waals surface area contributed by atoms with Crippen molar-refractivity contribution in [1.82, 2.24) is 19.9 Å². The van der Waals surface area contributed by atoms with E-state index in [-0.39, 0.29) is 0 Å². The Morgan fingerprint density at radius 1 is 0.564 bits per heavy atom. The molecule has 0 unspecified atom stereocenters. The van der Waals surface area contributed by atoms with Crippen LogP contribution in [0.3, 0.4) is 0 Å². The van der Waals surface area contributed by atoms with Crippen LogP contribution in [-0.2, 0) is 0 Å². The number of nitrogens with zero attached hydrogens (tertiary/aromatic N) is 8. The average Bonchev–Trinajstić information content (AvgIpc) is 3.02. The Balaban J connectivity index is 0.000000260. The highest BCUT2D eigenvalue weighted by Gasteiger charge is 1.91. The van der Waals surface area contributed by atoms with E-state index >= 15 is 0 Å². The van der Waals surface area contributed by atoms with Gasteiger partial charge in [0.1, 0.15) is 4.60 Å². The number of carbonyl (C=O) groups excluding carboxylic acids is 1. The average molecular weight is 575 g/mol. The van der Waals surface area contributed by atoms with Gasteiger partial charge in [-0.1, -0.05) is 37.4 Å². The predicted octanol–water partition coefficient (Wildman–Crippen LogP) is 8.39. The van der Waals surface area contributed by atoms with E-state index < -0.39 is 0 Å². The predicted molar refractivity (Wildman–Crippen MR) is 155 cm³/mol. The first-order chi connectivity index (χ1) is 18.9. The second-order valence-electron chi connectivity index (χ2n) is 6.64. The lowest BCUT2D eigenvalue weighted by Gasteiger charge is -1.89. The molecule has 0 aliphatic carbocycles. The molecular weight excluding hydrogens is 556 g/mol. The quantitative estimate of drug-likeness (QED) is 0.139. The lowest BCUT2D eigenvalue weighted by molar-refractivity contribution is 0.111. The molecule has 10 heteroatoms. The van der Waals surface area contributed by atoms with Crippen molar-refractivity contribution in [2.24, 2.45) is 0 Å². The molecule has 188 valence electrons. The SMILES string of the molecule is [C-]#[N+]c1ccc(Br)nc1.[C-]#[N+]c1ccc(C=C)nc1.[C-]#[N+]c1ccc(C=C)nc1.[C-]#[N+]c1ccc(C=O)nc1. The first-order valence-corrected chi connectivity index (χ1v) is 11.4. The van der Waals surface area contributed by atoms with Gasteiger partial charge in [0.25, 0.3) is 0 Å². The summed E-state index contributed by atoms with van der Waals surface area (Å²) in [6.45, 7) is 33.5. The fourth-order valence-corrected chi connectivity index (χ4v) is 2.37. The van der Waals surface area contributed by atoms with Gasteiger partial charge in [-0.25, -0.2) is 19.4 Å². The molecule has 0 fully saturated rings. The molecule has 39 heavy (non-hydrogen) atoms. The Kier molecular flexibility index (Phi) is 14.8. The highest BCUT2D eigenvalue weighted by molar-refractivity contribution is 9.10. The van der Waals surface area contributed by atoms with Gasteiger partial charge < -0.3 is 0 Å². The molecule has 4 aromatic heterocycles. The summed E-state index contributed by atoms with van der Waals surface area (Å²) in [4.78, 5) is 38.2. The van der Waals surface area contributed by atoms with Gasteiger partial charge in [0, 0.05) is 24.8 Å². The number of aldehydes is 1. The van der Waals surface area contributed by atoms with Crippen LogP contribution in [0.2, 0.25) is 0 Å². The van der Waals surface area contributed by atoms with E-state index in [1.54, 1.807) is 54.6 Å². The lowest BCUT2D eigenvalue weighted by atomic mass is 10.3. The Morgan fingerprint density at radius 3 is 1.13 bits per heavy atom. The largest absolute Gasteiger partial charge is 0.296 e. The first-order valence-electron chi connectivity index (χ1n) is 10.6. The maximum Gasteiger partial charge on any atom is 0.205 e. The summed E-state index contributed by atoms with van der Waals surface area (Å²) in [6.07, 6.45) is 9.90. The van der Waals surface area contributed by atoms with Gasteiger partial charge in [-0.3, -0.25) is 24.7 Å². The van der Waals surface area contributed by atoms with E-state index in [2.05, 4.69) is 68.4 Å². The van der Waals surface area contributed by atoms with Crippen molar-refractivity contribution in [3.05, 3.63) is 154 Å². The zero-order valence-electron chi connectivity index (χ0n) is 20.4. The van der Waals surface area contributed by atoms with E-state index in [0.29, 0.717) is 34.7 Å². The van der Waals surface area contributed by atoms with Crippen molar-refractivity contribution < 1.29 is 4.79 Å². The Bertz CT molecular complexity index is 1380. The molecule has 4 aromatic rings. The molecule has 0 radical (unpaired) electrons. The van der Waals surface area contributed by atoms with Crippen molar-refractivity contribution >= 4 is 57.1 Å². The third kappa shape index (κ3) is 12.6. The fourth-order valence-electron chi connectivity index (χ4n) is 2.14. The molecular formula is C29H19BrN8O. The van der Waals surface area contributed by atoms with Crippen LogP contribution in [0.5, 0.6) is 0 Å². The summed E-state index contributed by atoms with van der Waals surface area (Å²) in [5.41, 5.74) is 4.09. The van der Waals surface area contributed by atoms with Crippen LogP contribution in [0.25, 0.3) is 31.5 Å². The molecule has 0 amide bonds. The third-order valence-electron chi connectivity index (χ3n) is 4.08. The van der Waals surface area contributed by atoms with Gasteiger partial charge in [-0.2, -0.15) is 0 Å². The minimum Gasteiger partial charge on any atom is -0.296 e. The van der Waals surface area contributed by atoms with Gasteiger partial charge in [0.2, 0.25) is 22.7 Å². The maximum atomic E-state index is 10.1. The van der Waals surface area contributed by atoms with Crippen LogP contribution in [0.4, 0.5) is 22.7 Å². The zero-order chi connectivity index (χ0) is 28.9. The molecule has 9 nitrogen and oxygen atoms in total. The van der Waals surface area contributed by atoms with Crippen molar-refractivity contribution in [2.75, 3.05) is 0 Å². The van der Waals surface area contributed by atoms with Gasteiger partial charge in [0.05, 0.1) is 43.4 Å². The van der Waals surface area contributed by atoms with E-state index in [9.17, 15) is 4.79 Å². The van der Waals surface area contributed by atoms with Crippen LogP contribution in [0.1, 0.15) is 21.9 Å². The molecule has 4 rings (SSSR count). The topological polar surface area (TPSA) is 86.1 Å². The van der Waals surface area contributed by atoms with E-state index in [1.165, 1.54) is 30.9 Å². The van der Waals surface area contributed by atoms with Crippen LogP contribution in [-0.4, -0.2) is 26.2 Å². The van der Waals surface area contributed by atoms with Crippen molar-refractivity contribution in [3.8, 4) is 0 Å². The zero-order valence-corrected chi connectivity index (χ0v) is 22.0. The highest BCUT2D eigenvalue weighted by Crippen LogP contribution is 2.12. The second-order valence-corrected chi connectivity index (χ2v) is 7.45. The molecule has 0 saturated heterocycles. The monoisotopic (exact) mass is 574 g/mol. The maximum absolute atomic E-state index is 10.1. The Labute approximate surface area is 235 Å². The molecule has 0 aliphatic heterocycles. The molecule has 0 bridgehead atoms. The third-order valence-corrected chi connectivity index (χ3v) is 4.55. The van der Waals surface area contributed by atoms with E-state index in [0.717, 1.165) is 16.0 Å². The normalized spacial score (nSPS) is 8.33. The van der Waals surface area contributed by atoms with Crippen LogP contribution < -0.4 is 0 Å². The summed E-state index contributed by atoms with van der Waals surface area (Å²) in [7, 11) is 0. The van der Waals surface area contributed by atoms with Crippen LogP contribution in [0, 0.1) is 26.3 Å². The number of pyridine rings is 4. The molecule has 0 aliphatic rings. The summed E-state index contributed by atoms with van der Waals surface area (Å²) in [5.74, 6) is 0. The van der Waals surface area contributed by atoms with E-state index in [1.807, 2.05) is 0 Å². The fraction of sp³-hybridized carbons (Fsp3) is 0. The number of rotatable bonds is 3. The van der Waals surface area contributed by atoms with Gasteiger partial charge in [-0.05, 0) is 52.3 Å². The van der Waals surface area contributed by atoms with Crippen LogP contribution >= 0.6 is 15.9 Å². The minimum atomic E-state index is 0.354. The number of halogens is 1. The molecule has 0 atom stereocenters. The first kappa shape index (κ1) is 31.2. The smallest absolute Gasteiger partial charge is 0.205 e. The molecule has 0 N–H and O–H groups in total. The van der Waals surface area contributed by atoms with Crippen LogP contribution in [0.15, 0.2) is 91.1 Å². The summed E-state index contributed by atoms with van der Waals surface area (Å²) >= 11 is 3.16. The molecule has 0 spiro atoms. The van der Waals surface area contributed by atoms with Crippen molar-refractivity contribution in [1.29, 1.82) is 0 Å². The standard InChI is InChI=1S/2C8H6N2.C7H4N2O.C6H3BrN2/c2*1-3-7-4-5-8(9-2)6-10-7;1-8-6-2-3-7(5-10)9-4-6;1-8-5-2-3-6(7)9-4-5/h2*3-6H,1H2;2-5H;2-4H. The van der Waals surface area contributed by atoms with Gasteiger partial charge in [-0.15, -0.1) is 0 Å².